The van der Waals surface area contributed by atoms with Gasteiger partial charge in [-0.05, 0) is 32.8 Å². The van der Waals surface area contributed by atoms with Crippen LogP contribution >= 0.6 is 0 Å². The second-order valence-electron chi connectivity index (χ2n) is 5.52. The van der Waals surface area contributed by atoms with Gasteiger partial charge in [-0.2, -0.15) is 0 Å². The summed E-state index contributed by atoms with van der Waals surface area (Å²) in [5.41, 5.74) is 4.74. The van der Waals surface area contributed by atoms with E-state index in [9.17, 15) is 0 Å². The van der Waals surface area contributed by atoms with Gasteiger partial charge in [0.05, 0.1) is 6.04 Å². The van der Waals surface area contributed by atoms with Crippen LogP contribution in [0.15, 0.2) is 16.8 Å². The van der Waals surface area contributed by atoms with Gasteiger partial charge in [-0.3, -0.25) is 0 Å². The number of nitrogens with two attached hydrogens (primary N) is 1. The Hall–Kier alpha value is -2.08. The lowest BCUT2D eigenvalue weighted by molar-refractivity contribution is 0.499. The molecule has 2 heterocycles. The van der Waals surface area contributed by atoms with Gasteiger partial charge in [0, 0.05) is 11.1 Å². The summed E-state index contributed by atoms with van der Waals surface area (Å²) in [5, 5.41) is 3.43. The molecule has 0 amide bonds. The lowest BCUT2D eigenvalue weighted by Crippen LogP contribution is -2.16. The van der Waals surface area contributed by atoms with Crippen LogP contribution in [0.3, 0.4) is 0 Å². The Morgan fingerprint density at radius 1 is 1.14 bits per heavy atom. The molecule has 0 fully saturated rings. The molecular weight excluding hydrogens is 266 g/mol. The van der Waals surface area contributed by atoms with Gasteiger partial charge in [-0.15, -0.1) is 0 Å². The number of anilines is 2. The molecule has 0 saturated carbocycles. The summed E-state index contributed by atoms with van der Waals surface area (Å²) < 4.78 is 5.59. The first-order valence-electron chi connectivity index (χ1n) is 7.09. The highest BCUT2D eigenvalue weighted by atomic mass is 16.3. The molecule has 114 valence electrons. The molecule has 0 spiro atoms. The quantitative estimate of drug-likeness (QED) is 0.578. The van der Waals surface area contributed by atoms with E-state index < -0.39 is 0 Å². The highest BCUT2D eigenvalue weighted by Gasteiger charge is 2.18. The van der Waals surface area contributed by atoms with Crippen molar-refractivity contribution in [2.45, 2.75) is 46.6 Å². The molecule has 0 radical (unpaired) electrons. The zero-order chi connectivity index (χ0) is 15.6. The van der Waals surface area contributed by atoms with Crippen molar-refractivity contribution in [1.82, 2.24) is 9.97 Å². The molecule has 0 aromatic carbocycles. The molecule has 1 atom stereocenters. The Labute approximate surface area is 125 Å². The lowest BCUT2D eigenvalue weighted by atomic mass is 10.0. The van der Waals surface area contributed by atoms with Crippen molar-refractivity contribution < 1.29 is 4.42 Å². The van der Waals surface area contributed by atoms with Gasteiger partial charge in [0.15, 0.2) is 0 Å². The average Bonchev–Trinajstić information content (AvgIpc) is 2.77. The summed E-state index contributed by atoms with van der Waals surface area (Å²) in [6.45, 7) is 10.2. The molecule has 0 bridgehead atoms. The van der Waals surface area contributed by atoms with Gasteiger partial charge in [-0.1, -0.05) is 13.8 Å². The Kier molecular flexibility index (Phi) is 4.47. The SMILES string of the molecule is Cc1cc(C(C)Nc2ncnc(NN)c2C(C)C)c(C)o1. The van der Waals surface area contributed by atoms with Crippen LogP contribution < -0.4 is 16.6 Å². The smallest absolute Gasteiger partial charge is 0.148 e. The molecule has 1 unspecified atom stereocenters. The first-order valence-corrected chi connectivity index (χ1v) is 7.09. The summed E-state index contributed by atoms with van der Waals surface area (Å²) >= 11 is 0. The van der Waals surface area contributed by atoms with Crippen LogP contribution in [0.1, 0.15) is 55.4 Å². The number of nitrogens with zero attached hydrogens (tertiary/aromatic N) is 2. The molecule has 6 heteroatoms. The maximum atomic E-state index is 5.59. The van der Waals surface area contributed by atoms with Gasteiger partial charge < -0.3 is 15.2 Å². The third-order valence-corrected chi connectivity index (χ3v) is 3.50. The van der Waals surface area contributed by atoms with Crippen molar-refractivity contribution in [3.05, 3.63) is 35.0 Å². The van der Waals surface area contributed by atoms with E-state index in [0.717, 1.165) is 28.5 Å². The Bertz CT molecular complexity index is 621. The van der Waals surface area contributed by atoms with Gasteiger partial charge >= 0.3 is 0 Å². The Balaban J connectivity index is 2.33. The molecule has 0 aliphatic heterocycles. The topological polar surface area (TPSA) is 89.0 Å². The number of aromatic nitrogens is 2. The van der Waals surface area contributed by atoms with Gasteiger partial charge in [-0.25, -0.2) is 15.8 Å². The molecule has 0 saturated heterocycles. The molecular formula is C15H23N5O. The molecule has 2 rings (SSSR count). The summed E-state index contributed by atoms with van der Waals surface area (Å²) in [6.07, 6.45) is 1.50. The number of nitrogen functional groups attached to an aromatic ring is 1. The Morgan fingerprint density at radius 2 is 1.81 bits per heavy atom. The van der Waals surface area contributed by atoms with Crippen molar-refractivity contribution in [2.75, 3.05) is 10.7 Å². The highest BCUT2D eigenvalue weighted by molar-refractivity contribution is 5.59. The van der Waals surface area contributed by atoms with E-state index in [2.05, 4.69) is 41.5 Å². The van der Waals surface area contributed by atoms with E-state index in [0.29, 0.717) is 5.82 Å². The number of hydrogen-bond acceptors (Lipinski definition) is 6. The molecule has 0 aliphatic rings. The fourth-order valence-electron chi connectivity index (χ4n) is 2.54. The maximum absolute atomic E-state index is 5.59. The lowest BCUT2D eigenvalue weighted by Gasteiger charge is -2.20. The zero-order valence-corrected chi connectivity index (χ0v) is 13.2. The van der Waals surface area contributed by atoms with Gasteiger partial charge in [0.1, 0.15) is 29.5 Å². The minimum atomic E-state index is 0.0838. The summed E-state index contributed by atoms with van der Waals surface area (Å²) in [5.74, 6) is 9.06. The molecule has 4 N–H and O–H groups in total. The predicted octanol–water partition coefficient (Wildman–Crippen LogP) is 3.27. The zero-order valence-electron chi connectivity index (χ0n) is 13.2. The fourth-order valence-corrected chi connectivity index (χ4v) is 2.54. The minimum absolute atomic E-state index is 0.0838. The average molecular weight is 289 g/mol. The first kappa shape index (κ1) is 15.3. The highest BCUT2D eigenvalue weighted by Crippen LogP contribution is 2.31. The van der Waals surface area contributed by atoms with E-state index >= 15 is 0 Å². The van der Waals surface area contributed by atoms with Crippen molar-refractivity contribution >= 4 is 11.6 Å². The van der Waals surface area contributed by atoms with Crippen LogP contribution in [0.5, 0.6) is 0 Å². The van der Waals surface area contributed by atoms with Gasteiger partial charge in [0.25, 0.3) is 0 Å². The number of aryl methyl sites for hydroxylation is 2. The standard InChI is InChI=1S/C15H23N5O/c1-8(2)13-14(17-7-18-15(13)20-16)19-10(4)12-6-9(3)21-11(12)5/h6-8,10H,16H2,1-5H3,(H2,17,18,19,20). The molecule has 0 aliphatic carbocycles. The fraction of sp³-hybridized carbons (Fsp3) is 0.467. The van der Waals surface area contributed by atoms with Crippen LogP contribution in [-0.4, -0.2) is 9.97 Å². The normalized spacial score (nSPS) is 12.5. The number of rotatable bonds is 5. The van der Waals surface area contributed by atoms with E-state index in [1.165, 1.54) is 6.33 Å². The van der Waals surface area contributed by atoms with E-state index in [-0.39, 0.29) is 12.0 Å². The van der Waals surface area contributed by atoms with E-state index in [1.807, 2.05) is 19.9 Å². The van der Waals surface area contributed by atoms with Crippen LogP contribution in [0, 0.1) is 13.8 Å². The van der Waals surface area contributed by atoms with E-state index in [4.69, 9.17) is 10.3 Å². The molecule has 21 heavy (non-hydrogen) atoms. The number of hydrazine groups is 1. The minimum Gasteiger partial charge on any atom is -0.466 e. The predicted molar refractivity (Wildman–Crippen MR) is 84.2 cm³/mol. The van der Waals surface area contributed by atoms with Crippen molar-refractivity contribution in [2.24, 2.45) is 5.84 Å². The summed E-state index contributed by atoms with van der Waals surface area (Å²) in [4.78, 5) is 8.54. The Morgan fingerprint density at radius 3 is 2.33 bits per heavy atom. The van der Waals surface area contributed by atoms with Crippen molar-refractivity contribution in [3.63, 3.8) is 0 Å². The van der Waals surface area contributed by atoms with Gasteiger partial charge in [0.2, 0.25) is 0 Å². The molecule has 2 aromatic heterocycles. The van der Waals surface area contributed by atoms with Crippen LogP contribution in [0.4, 0.5) is 11.6 Å². The molecule has 2 aromatic rings. The van der Waals surface area contributed by atoms with Crippen LogP contribution in [0.2, 0.25) is 0 Å². The maximum Gasteiger partial charge on any atom is 0.148 e. The number of nitrogens with one attached hydrogen (secondary N) is 2. The second kappa shape index (κ2) is 6.13. The van der Waals surface area contributed by atoms with Crippen molar-refractivity contribution in [1.29, 1.82) is 0 Å². The third-order valence-electron chi connectivity index (χ3n) is 3.50. The summed E-state index contributed by atoms with van der Waals surface area (Å²) in [7, 11) is 0. The first-order chi connectivity index (χ1) is 9.93. The monoisotopic (exact) mass is 289 g/mol. The number of furan rings is 1. The second-order valence-corrected chi connectivity index (χ2v) is 5.52. The van der Waals surface area contributed by atoms with Crippen molar-refractivity contribution in [3.8, 4) is 0 Å². The van der Waals surface area contributed by atoms with Crippen LogP contribution in [0.25, 0.3) is 0 Å². The largest absolute Gasteiger partial charge is 0.466 e. The molecule has 6 nitrogen and oxygen atoms in total. The third kappa shape index (κ3) is 3.16. The number of hydrogen-bond donors (Lipinski definition) is 3. The van der Waals surface area contributed by atoms with Crippen LogP contribution in [-0.2, 0) is 0 Å². The van der Waals surface area contributed by atoms with E-state index in [1.54, 1.807) is 0 Å². The summed E-state index contributed by atoms with van der Waals surface area (Å²) in [6, 6.07) is 2.13.